The van der Waals surface area contributed by atoms with Crippen LogP contribution >= 0.6 is 11.6 Å². The van der Waals surface area contributed by atoms with Crippen LogP contribution in [-0.4, -0.2) is 52.2 Å². The van der Waals surface area contributed by atoms with Crippen molar-refractivity contribution in [2.45, 2.75) is 51.4 Å². The molecule has 0 aliphatic heterocycles. The maximum absolute atomic E-state index is 13.8. The van der Waals surface area contributed by atoms with Crippen molar-refractivity contribution in [2.24, 2.45) is 7.05 Å². The lowest BCUT2D eigenvalue weighted by molar-refractivity contribution is -0.153. The van der Waals surface area contributed by atoms with Crippen molar-refractivity contribution in [1.29, 1.82) is 0 Å². The van der Waals surface area contributed by atoms with Crippen LogP contribution in [0.25, 0.3) is 22.0 Å². The Balaban J connectivity index is 1.73. The molecule has 1 unspecified atom stereocenters. The van der Waals surface area contributed by atoms with Crippen molar-refractivity contribution < 1.29 is 32.2 Å². The molecule has 0 saturated carbocycles. The number of Topliss-reactive ketones (excluding diaryl/α,β-unsaturated/α-hetero) is 1. The first-order chi connectivity index (χ1) is 20.1. The average molecular weight is 620 g/mol. The van der Waals surface area contributed by atoms with E-state index in [-0.39, 0.29) is 52.9 Å². The van der Waals surface area contributed by atoms with Gasteiger partial charge >= 0.3 is 6.18 Å². The zero-order valence-corrected chi connectivity index (χ0v) is 25.3. The highest BCUT2D eigenvalue weighted by molar-refractivity contribution is 6.31. The number of hydrogen-bond donors (Lipinski definition) is 0. The molecule has 4 rings (SSSR count). The Hall–Kier alpha value is -3.83. The van der Waals surface area contributed by atoms with Crippen molar-refractivity contribution in [1.82, 2.24) is 14.3 Å². The third-order valence-corrected chi connectivity index (χ3v) is 6.82. The molecule has 0 aliphatic rings. The highest BCUT2D eigenvalue weighted by Crippen LogP contribution is 2.38. The third-order valence-electron chi connectivity index (χ3n) is 6.58. The van der Waals surface area contributed by atoms with Gasteiger partial charge in [-0.2, -0.15) is 18.3 Å². The summed E-state index contributed by atoms with van der Waals surface area (Å²) in [6.07, 6.45) is -1.09. The first kappa shape index (κ1) is 32.1. The maximum Gasteiger partial charge on any atom is 0.422 e. The Kier molecular flexibility index (Phi) is 9.56. The minimum atomic E-state index is -4.57. The zero-order valence-electron chi connectivity index (χ0n) is 24.5. The first-order valence-corrected chi connectivity index (χ1v) is 13.9. The summed E-state index contributed by atoms with van der Waals surface area (Å²) in [6, 6.07) is 9.91. The van der Waals surface area contributed by atoms with Crippen molar-refractivity contribution in [3.05, 3.63) is 75.8 Å². The summed E-state index contributed by atoms with van der Waals surface area (Å²) < 4.78 is 58.2. The number of nitrogens with zero attached hydrogens (tertiary/aromatic N) is 3. The molecule has 2 aromatic carbocycles. The number of methoxy groups -OCH3 is 1. The highest BCUT2D eigenvalue weighted by atomic mass is 35.5. The molecular formula is C31H33ClF3N3O5. The van der Waals surface area contributed by atoms with Crippen LogP contribution in [0.1, 0.15) is 38.8 Å². The van der Waals surface area contributed by atoms with Gasteiger partial charge in [0.1, 0.15) is 11.5 Å². The van der Waals surface area contributed by atoms with E-state index >= 15 is 0 Å². The van der Waals surface area contributed by atoms with Crippen molar-refractivity contribution >= 4 is 28.3 Å². The van der Waals surface area contributed by atoms with E-state index in [0.29, 0.717) is 0 Å². The van der Waals surface area contributed by atoms with Crippen molar-refractivity contribution in [3.8, 4) is 22.6 Å². The number of ether oxygens (including phenoxy) is 3. The van der Waals surface area contributed by atoms with Crippen LogP contribution in [0.4, 0.5) is 13.2 Å². The van der Waals surface area contributed by atoms with E-state index in [1.165, 1.54) is 42.1 Å². The molecule has 12 heteroatoms. The molecule has 0 aliphatic carbocycles. The zero-order chi connectivity index (χ0) is 31.5. The van der Waals surface area contributed by atoms with Crippen molar-refractivity contribution in [3.63, 3.8) is 0 Å². The molecular weight excluding hydrogens is 587 g/mol. The van der Waals surface area contributed by atoms with E-state index in [1.54, 1.807) is 4.68 Å². The third kappa shape index (κ3) is 8.39. The molecule has 0 bridgehead atoms. The molecule has 0 spiro atoms. The van der Waals surface area contributed by atoms with Gasteiger partial charge in [0.2, 0.25) is 0 Å². The summed E-state index contributed by atoms with van der Waals surface area (Å²) in [5.41, 5.74) is 0.836. The highest BCUT2D eigenvalue weighted by Gasteiger charge is 2.30. The van der Waals surface area contributed by atoms with E-state index in [4.69, 9.17) is 25.8 Å². The molecule has 4 aromatic rings. The summed E-state index contributed by atoms with van der Waals surface area (Å²) in [7, 11) is 3.17. The van der Waals surface area contributed by atoms with Gasteiger partial charge < -0.3 is 18.8 Å². The predicted octanol–water partition coefficient (Wildman–Crippen LogP) is 6.56. The molecule has 2 heterocycles. The molecule has 2 aromatic heterocycles. The number of aromatic nitrogens is 3. The van der Waals surface area contributed by atoms with Gasteiger partial charge in [-0.3, -0.25) is 14.3 Å². The van der Waals surface area contributed by atoms with Gasteiger partial charge in [-0.15, -0.1) is 0 Å². The number of carbonyl (C=O) groups is 1. The van der Waals surface area contributed by atoms with E-state index in [0.717, 1.165) is 16.5 Å². The second-order valence-corrected chi connectivity index (χ2v) is 11.6. The number of carbonyl (C=O) groups excluding carboxylic acids is 1. The molecule has 0 amide bonds. The minimum Gasteiger partial charge on any atom is -0.495 e. The summed E-state index contributed by atoms with van der Waals surface area (Å²) in [5.74, 6) is -0.214. The van der Waals surface area contributed by atoms with Crippen LogP contribution in [0, 0.1) is 0 Å². The van der Waals surface area contributed by atoms with Crippen LogP contribution in [0.2, 0.25) is 5.02 Å². The van der Waals surface area contributed by atoms with E-state index in [2.05, 4.69) is 5.10 Å². The van der Waals surface area contributed by atoms with Gasteiger partial charge in [0, 0.05) is 53.9 Å². The standard InChI is InChI=1S/C31H33ClF3N3O5/c1-30(2,3)43-11-10-25(26(39)13-19-6-8-24-20(12-19)16-37(4)36-24)38-17-28(41-5)23(15-29(38)40)22-14-21(32)7-9-27(22)42-18-31(33,34)35/h6-9,12,14-17,25H,10-11,13,18H2,1-5H3. The largest absolute Gasteiger partial charge is 0.495 e. The molecule has 0 fully saturated rings. The number of halogens is 4. The first-order valence-electron chi connectivity index (χ1n) is 13.5. The number of hydrogen-bond acceptors (Lipinski definition) is 6. The quantitative estimate of drug-likeness (QED) is 0.189. The molecule has 0 saturated heterocycles. The van der Waals surface area contributed by atoms with Crippen LogP contribution in [-0.2, 0) is 23.0 Å². The average Bonchev–Trinajstić information content (AvgIpc) is 3.28. The minimum absolute atomic E-state index is 0.0469. The van der Waals surface area contributed by atoms with Crippen LogP contribution < -0.4 is 15.0 Å². The number of alkyl halides is 3. The van der Waals surface area contributed by atoms with E-state index in [1.807, 2.05) is 52.2 Å². The Morgan fingerprint density at radius 2 is 1.74 bits per heavy atom. The molecule has 8 nitrogen and oxygen atoms in total. The Morgan fingerprint density at radius 3 is 2.42 bits per heavy atom. The van der Waals surface area contributed by atoms with Crippen LogP contribution in [0.3, 0.4) is 0 Å². The van der Waals surface area contributed by atoms with Crippen LogP contribution in [0.5, 0.6) is 11.5 Å². The van der Waals surface area contributed by atoms with Gasteiger partial charge in [0.25, 0.3) is 5.56 Å². The van der Waals surface area contributed by atoms with Gasteiger partial charge in [-0.25, -0.2) is 0 Å². The number of pyridine rings is 1. The smallest absolute Gasteiger partial charge is 0.422 e. The fourth-order valence-electron chi connectivity index (χ4n) is 4.70. The summed E-state index contributed by atoms with van der Waals surface area (Å²) in [5, 5.41) is 5.47. The Bertz CT molecular complexity index is 1670. The lowest BCUT2D eigenvalue weighted by Gasteiger charge is -2.24. The second kappa shape index (κ2) is 12.8. The monoisotopic (exact) mass is 619 g/mol. The van der Waals surface area contributed by atoms with E-state index < -0.39 is 30.0 Å². The van der Waals surface area contributed by atoms with Crippen LogP contribution in [0.15, 0.2) is 59.7 Å². The number of aryl methyl sites for hydroxylation is 1. The molecule has 0 N–H and O–H groups in total. The lowest BCUT2D eigenvalue weighted by Crippen LogP contribution is -2.32. The van der Waals surface area contributed by atoms with Gasteiger partial charge in [0.05, 0.1) is 30.5 Å². The van der Waals surface area contributed by atoms with E-state index in [9.17, 15) is 22.8 Å². The fourth-order valence-corrected chi connectivity index (χ4v) is 4.88. The SMILES string of the molecule is COc1cn(C(CCOC(C)(C)C)C(=O)Cc2ccc3nn(C)cc3c2)c(=O)cc1-c1cc(Cl)ccc1OCC(F)(F)F. The molecule has 0 radical (unpaired) electrons. The number of ketones is 1. The van der Waals surface area contributed by atoms with Crippen molar-refractivity contribution in [2.75, 3.05) is 20.3 Å². The number of benzene rings is 2. The normalized spacial score (nSPS) is 12.9. The van der Waals surface area contributed by atoms with Gasteiger partial charge in [0.15, 0.2) is 12.4 Å². The fraction of sp³-hybridized carbons (Fsp3) is 0.387. The molecule has 230 valence electrons. The lowest BCUT2D eigenvalue weighted by atomic mass is 9.99. The summed E-state index contributed by atoms with van der Waals surface area (Å²) in [6.45, 7) is 4.33. The predicted molar refractivity (Wildman–Crippen MR) is 158 cm³/mol. The number of fused-ring (bicyclic) bond motifs is 1. The summed E-state index contributed by atoms with van der Waals surface area (Å²) >= 11 is 6.16. The topological polar surface area (TPSA) is 84.6 Å². The Morgan fingerprint density at radius 1 is 1.02 bits per heavy atom. The summed E-state index contributed by atoms with van der Waals surface area (Å²) in [4.78, 5) is 27.4. The second-order valence-electron chi connectivity index (χ2n) is 11.1. The number of rotatable bonds is 11. The van der Waals surface area contributed by atoms with Gasteiger partial charge in [-0.1, -0.05) is 17.7 Å². The maximum atomic E-state index is 13.8. The Labute approximate surface area is 251 Å². The molecule has 43 heavy (non-hydrogen) atoms. The molecule has 1 atom stereocenters. The van der Waals surface area contributed by atoms with Gasteiger partial charge in [-0.05, 0) is 63.1 Å².